The van der Waals surface area contributed by atoms with Crippen LogP contribution in [0.25, 0.3) is 0 Å². The molecule has 0 aliphatic carbocycles. The first-order valence-corrected chi connectivity index (χ1v) is 6.93. The van der Waals surface area contributed by atoms with Gasteiger partial charge in [-0.25, -0.2) is 4.39 Å². The van der Waals surface area contributed by atoms with E-state index in [4.69, 9.17) is 0 Å². The third-order valence-electron chi connectivity index (χ3n) is 2.93. The first-order valence-electron chi connectivity index (χ1n) is 5.61. The van der Waals surface area contributed by atoms with Crippen molar-refractivity contribution >= 4 is 11.2 Å². The highest BCUT2D eigenvalue weighted by atomic mass is 32.2. The molecule has 0 radical (unpaired) electrons. The van der Waals surface area contributed by atoms with Crippen molar-refractivity contribution in [2.45, 2.75) is 17.7 Å². The van der Waals surface area contributed by atoms with E-state index in [0.717, 1.165) is 25.9 Å². The number of nitrogens with one attached hydrogen (secondary N) is 1. The Morgan fingerprint density at radius 3 is 2.69 bits per heavy atom. The predicted molar refractivity (Wildman–Crippen MR) is 63.3 cm³/mol. The average molecular weight is 241 g/mol. The number of benzene rings is 1. The number of halogens is 1. The molecular weight excluding hydrogens is 225 g/mol. The van der Waals surface area contributed by atoms with Crippen molar-refractivity contribution in [3.05, 3.63) is 30.1 Å². The van der Waals surface area contributed by atoms with Crippen LogP contribution in [0.5, 0.6) is 0 Å². The van der Waals surface area contributed by atoms with Crippen molar-refractivity contribution in [1.82, 2.24) is 5.32 Å². The maximum atomic E-state index is 13.4. The molecule has 1 atom stereocenters. The zero-order chi connectivity index (χ0) is 11.4. The summed E-state index contributed by atoms with van der Waals surface area (Å²) in [5.74, 6) is 0.694. The molecule has 1 N–H and O–H groups in total. The summed E-state index contributed by atoms with van der Waals surface area (Å²) in [5.41, 5.74) is 0. The first-order chi connectivity index (χ1) is 7.77. The Morgan fingerprint density at radius 1 is 1.31 bits per heavy atom. The summed E-state index contributed by atoms with van der Waals surface area (Å²) in [4.78, 5) is 0.348. The summed E-state index contributed by atoms with van der Waals surface area (Å²) in [6.07, 6.45) is 2.08. The zero-order valence-electron chi connectivity index (χ0n) is 9.12. The lowest BCUT2D eigenvalue weighted by atomic mass is 10.0. The Bertz CT molecular complexity index is 342. The third kappa shape index (κ3) is 2.97. The molecule has 1 aromatic carbocycles. The number of rotatable bonds is 3. The van der Waals surface area contributed by atoms with Gasteiger partial charge in [-0.2, -0.15) is 0 Å². The van der Waals surface area contributed by atoms with Crippen LogP contribution in [0.2, 0.25) is 0 Å². The molecule has 16 heavy (non-hydrogen) atoms. The van der Waals surface area contributed by atoms with Gasteiger partial charge in [0, 0.05) is 5.92 Å². The van der Waals surface area contributed by atoms with Crippen molar-refractivity contribution in [3.8, 4) is 0 Å². The van der Waals surface area contributed by atoms with E-state index in [-0.39, 0.29) is 5.82 Å². The average Bonchev–Trinajstić information content (AvgIpc) is 2.31. The molecule has 4 heteroatoms. The molecule has 0 saturated carbocycles. The van der Waals surface area contributed by atoms with Crippen molar-refractivity contribution in [2.75, 3.05) is 18.8 Å². The van der Waals surface area contributed by atoms with Crippen LogP contribution in [-0.4, -0.2) is 23.4 Å². The second kappa shape index (κ2) is 5.66. The van der Waals surface area contributed by atoms with Crippen LogP contribution in [0.1, 0.15) is 12.8 Å². The summed E-state index contributed by atoms with van der Waals surface area (Å²) < 4.78 is 25.4. The van der Waals surface area contributed by atoms with E-state index in [1.165, 1.54) is 6.07 Å². The number of piperidine rings is 1. The maximum absolute atomic E-state index is 13.4. The molecule has 0 amide bonds. The number of hydrogen-bond donors (Lipinski definition) is 1. The SMILES string of the molecule is [O-][S+](CC1CCNCC1)c1ccccc1F. The standard InChI is InChI=1S/C12H16FNOS/c13-11-3-1-2-4-12(11)16(15)9-10-5-7-14-8-6-10/h1-4,10,14H,5-9H2. The van der Waals surface area contributed by atoms with Crippen molar-refractivity contribution in [1.29, 1.82) is 0 Å². The number of hydrogen-bond acceptors (Lipinski definition) is 2. The first kappa shape index (κ1) is 11.9. The van der Waals surface area contributed by atoms with Gasteiger partial charge in [0.05, 0.1) is 0 Å². The maximum Gasteiger partial charge on any atom is 0.188 e. The summed E-state index contributed by atoms with van der Waals surface area (Å²) in [6.45, 7) is 1.97. The van der Waals surface area contributed by atoms with Crippen LogP contribution in [-0.2, 0) is 11.2 Å². The lowest BCUT2D eigenvalue weighted by molar-refractivity contribution is 0.401. The van der Waals surface area contributed by atoms with Gasteiger partial charge < -0.3 is 9.87 Å². The molecule has 88 valence electrons. The molecule has 1 aromatic rings. The quantitative estimate of drug-likeness (QED) is 0.821. The minimum Gasteiger partial charge on any atom is -0.611 e. The van der Waals surface area contributed by atoms with E-state index in [2.05, 4.69) is 5.32 Å². The van der Waals surface area contributed by atoms with Crippen LogP contribution >= 0.6 is 0 Å². The fraction of sp³-hybridized carbons (Fsp3) is 0.500. The normalized spacial score (nSPS) is 19.6. The van der Waals surface area contributed by atoms with E-state index in [9.17, 15) is 8.94 Å². The molecule has 2 nitrogen and oxygen atoms in total. The molecule has 0 spiro atoms. The smallest absolute Gasteiger partial charge is 0.188 e. The van der Waals surface area contributed by atoms with Crippen LogP contribution in [0.3, 0.4) is 0 Å². The minimum atomic E-state index is -1.20. The van der Waals surface area contributed by atoms with Gasteiger partial charge >= 0.3 is 0 Å². The van der Waals surface area contributed by atoms with Gasteiger partial charge in [0.25, 0.3) is 0 Å². The Hall–Kier alpha value is -0.580. The van der Waals surface area contributed by atoms with E-state index < -0.39 is 11.2 Å². The van der Waals surface area contributed by atoms with Gasteiger partial charge in [-0.05, 0) is 49.2 Å². The lowest BCUT2D eigenvalue weighted by Gasteiger charge is -2.23. The molecule has 0 aromatic heterocycles. The molecule has 1 saturated heterocycles. The molecule has 2 rings (SSSR count). The topological polar surface area (TPSA) is 35.1 Å². The second-order valence-electron chi connectivity index (χ2n) is 4.14. The van der Waals surface area contributed by atoms with E-state index >= 15 is 0 Å². The van der Waals surface area contributed by atoms with E-state index in [1.807, 2.05) is 0 Å². The van der Waals surface area contributed by atoms with Gasteiger partial charge in [-0.1, -0.05) is 12.1 Å². The summed E-state index contributed by atoms with van der Waals surface area (Å²) >= 11 is -1.20. The van der Waals surface area contributed by atoms with Gasteiger partial charge in [0.15, 0.2) is 10.7 Å². The van der Waals surface area contributed by atoms with Crippen LogP contribution in [0.4, 0.5) is 4.39 Å². The van der Waals surface area contributed by atoms with Gasteiger partial charge in [-0.15, -0.1) is 0 Å². The van der Waals surface area contributed by atoms with Crippen LogP contribution < -0.4 is 5.32 Å². The fourth-order valence-corrected chi connectivity index (χ4v) is 3.44. The van der Waals surface area contributed by atoms with Crippen LogP contribution in [0.15, 0.2) is 29.2 Å². The Kier molecular flexibility index (Phi) is 4.21. The Balaban J connectivity index is 1.96. The summed E-state index contributed by atoms with van der Waals surface area (Å²) in [7, 11) is 0. The molecule has 1 aliphatic heterocycles. The third-order valence-corrected chi connectivity index (χ3v) is 4.52. The molecule has 1 aliphatic rings. The summed E-state index contributed by atoms with van der Waals surface area (Å²) in [6, 6.07) is 6.35. The van der Waals surface area contributed by atoms with Gasteiger partial charge in [0.1, 0.15) is 5.75 Å². The summed E-state index contributed by atoms with van der Waals surface area (Å²) in [5, 5.41) is 3.27. The van der Waals surface area contributed by atoms with Crippen molar-refractivity contribution in [3.63, 3.8) is 0 Å². The van der Waals surface area contributed by atoms with Gasteiger partial charge in [-0.3, -0.25) is 0 Å². The van der Waals surface area contributed by atoms with Crippen LogP contribution in [0, 0.1) is 11.7 Å². The van der Waals surface area contributed by atoms with E-state index in [0.29, 0.717) is 16.6 Å². The Morgan fingerprint density at radius 2 is 2.00 bits per heavy atom. The molecular formula is C12H16FNOS. The van der Waals surface area contributed by atoms with Gasteiger partial charge in [0.2, 0.25) is 0 Å². The second-order valence-corrected chi connectivity index (χ2v) is 5.60. The highest BCUT2D eigenvalue weighted by Gasteiger charge is 2.23. The predicted octanol–water partition coefficient (Wildman–Crippen LogP) is 1.93. The lowest BCUT2D eigenvalue weighted by Crippen LogP contribution is -2.31. The molecule has 1 unspecified atom stereocenters. The Labute approximate surface area is 98.4 Å². The highest BCUT2D eigenvalue weighted by molar-refractivity contribution is 7.91. The molecule has 1 fully saturated rings. The van der Waals surface area contributed by atoms with Crippen molar-refractivity contribution in [2.24, 2.45) is 5.92 Å². The highest BCUT2D eigenvalue weighted by Crippen LogP contribution is 2.21. The monoisotopic (exact) mass is 241 g/mol. The molecule has 1 heterocycles. The minimum absolute atomic E-state index is 0.348. The van der Waals surface area contributed by atoms with Crippen molar-refractivity contribution < 1.29 is 8.94 Å². The van der Waals surface area contributed by atoms with E-state index in [1.54, 1.807) is 18.2 Å². The largest absolute Gasteiger partial charge is 0.611 e. The fourth-order valence-electron chi connectivity index (χ4n) is 1.98. The zero-order valence-corrected chi connectivity index (χ0v) is 9.93. The molecule has 0 bridgehead atoms.